The van der Waals surface area contributed by atoms with Crippen molar-refractivity contribution in [2.75, 3.05) is 26.8 Å². The first-order valence-electron chi connectivity index (χ1n) is 7.48. The molecule has 1 aliphatic rings. The molecule has 0 radical (unpaired) electrons. The highest BCUT2D eigenvalue weighted by Crippen LogP contribution is 2.26. The van der Waals surface area contributed by atoms with E-state index in [2.05, 4.69) is 15.9 Å². The maximum Gasteiger partial charge on any atom is 0.254 e. The van der Waals surface area contributed by atoms with Gasteiger partial charge in [-0.1, -0.05) is 34.1 Å². The second kappa shape index (κ2) is 7.15. The van der Waals surface area contributed by atoms with Gasteiger partial charge in [-0.05, 0) is 35.9 Å². The van der Waals surface area contributed by atoms with Crippen LogP contribution in [0.15, 0.2) is 53.0 Å². The number of carbonyl (C=O) groups is 1. The van der Waals surface area contributed by atoms with Gasteiger partial charge in [0.05, 0.1) is 20.3 Å². The van der Waals surface area contributed by atoms with Crippen molar-refractivity contribution in [1.82, 2.24) is 4.90 Å². The summed E-state index contributed by atoms with van der Waals surface area (Å²) in [5.74, 6) is 0.694. The summed E-state index contributed by atoms with van der Waals surface area (Å²) in [6, 6.07) is 15.3. The zero-order chi connectivity index (χ0) is 16.2. The third-order valence-corrected chi connectivity index (χ3v) is 4.38. The van der Waals surface area contributed by atoms with Gasteiger partial charge < -0.3 is 14.4 Å². The molecule has 1 amide bonds. The van der Waals surface area contributed by atoms with E-state index >= 15 is 0 Å². The van der Waals surface area contributed by atoms with Gasteiger partial charge in [-0.3, -0.25) is 4.79 Å². The number of benzene rings is 2. The lowest BCUT2D eigenvalue weighted by molar-refractivity contribution is -0.0228. The van der Waals surface area contributed by atoms with Crippen LogP contribution in [0.1, 0.15) is 22.0 Å². The fraction of sp³-hybridized carbons (Fsp3) is 0.278. The zero-order valence-corrected chi connectivity index (χ0v) is 14.5. The van der Waals surface area contributed by atoms with E-state index < -0.39 is 0 Å². The Morgan fingerprint density at radius 1 is 1.26 bits per heavy atom. The lowest BCUT2D eigenvalue weighted by Gasteiger charge is -2.33. The lowest BCUT2D eigenvalue weighted by atomic mass is 10.1. The molecule has 5 heteroatoms. The van der Waals surface area contributed by atoms with Crippen molar-refractivity contribution in [3.63, 3.8) is 0 Å². The van der Waals surface area contributed by atoms with E-state index in [0.29, 0.717) is 31.0 Å². The summed E-state index contributed by atoms with van der Waals surface area (Å²) in [6.07, 6.45) is -0.101. The molecule has 0 spiro atoms. The highest BCUT2D eigenvalue weighted by Gasteiger charge is 2.26. The topological polar surface area (TPSA) is 38.8 Å². The van der Waals surface area contributed by atoms with Crippen LogP contribution in [0, 0.1) is 0 Å². The highest BCUT2D eigenvalue weighted by molar-refractivity contribution is 9.10. The van der Waals surface area contributed by atoms with Crippen molar-refractivity contribution in [3.05, 3.63) is 64.1 Å². The summed E-state index contributed by atoms with van der Waals surface area (Å²) < 4.78 is 12.0. The van der Waals surface area contributed by atoms with Gasteiger partial charge in [0, 0.05) is 16.6 Å². The molecule has 1 heterocycles. The Balaban J connectivity index is 1.76. The maximum absolute atomic E-state index is 12.7. The largest absolute Gasteiger partial charge is 0.497 e. The van der Waals surface area contributed by atoms with Gasteiger partial charge in [-0.15, -0.1) is 0 Å². The second-order valence-corrected chi connectivity index (χ2v) is 6.31. The van der Waals surface area contributed by atoms with E-state index in [4.69, 9.17) is 9.47 Å². The third kappa shape index (κ3) is 3.74. The average molecular weight is 376 g/mol. The normalized spacial score (nSPS) is 17.8. The summed E-state index contributed by atoms with van der Waals surface area (Å²) in [7, 11) is 1.60. The summed E-state index contributed by atoms with van der Waals surface area (Å²) in [6.45, 7) is 1.68. The number of ether oxygens (including phenoxy) is 2. The molecule has 2 aromatic rings. The molecule has 1 atom stereocenters. The molecule has 0 aliphatic carbocycles. The minimum absolute atomic E-state index is 0.00666. The first-order valence-corrected chi connectivity index (χ1v) is 8.27. The standard InChI is InChI=1S/C18H18BrNO3/c1-22-16-7-3-5-14(11-16)18(21)20-8-9-23-17(12-20)13-4-2-6-15(19)10-13/h2-7,10-11,17H,8-9,12H2,1H3. The molecule has 1 saturated heterocycles. The van der Waals surface area contributed by atoms with Gasteiger partial charge in [0.1, 0.15) is 11.9 Å². The third-order valence-electron chi connectivity index (χ3n) is 3.89. The minimum atomic E-state index is -0.101. The van der Waals surface area contributed by atoms with Crippen molar-refractivity contribution < 1.29 is 14.3 Å². The number of amides is 1. The number of hydrogen-bond acceptors (Lipinski definition) is 3. The summed E-state index contributed by atoms with van der Waals surface area (Å²) in [4.78, 5) is 14.6. The molecular weight excluding hydrogens is 358 g/mol. The molecular formula is C18H18BrNO3. The monoisotopic (exact) mass is 375 g/mol. The van der Waals surface area contributed by atoms with Gasteiger partial charge in [-0.2, -0.15) is 0 Å². The average Bonchev–Trinajstić information content (AvgIpc) is 2.61. The van der Waals surface area contributed by atoms with E-state index in [-0.39, 0.29) is 12.0 Å². The van der Waals surface area contributed by atoms with Crippen LogP contribution in [0.2, 0.25) is 0 Å². The summed E-state index contributed by atoms with van der Waals surface area (Å²) in [5.41, 5.74) is 1.71. The van der Waals surface area contributed by atoms with Gasteiger partial charge in [0.15, 0.2) is 0 Å². The fourth-order valence-electron chi connectivity index (χ4n) is 2.68. The molecule has 1 aliphatic heterocycles. The maximum atomic E-state index is 12.7. The summed E-state index contributed by atoms with van der Waals surface area (Å²) in [5, 5.41) is 0. The van der Waals surface area contributed by atoms with Crippen LogP contribution in [0.3, 0.4) is 0 Å². The van der Waals surface area contributed by atoms with Crippen molar-refractivity contribution in [2.45, 2.75) is 6.10 Å². The Morgan fingerprint density at radius 3 is 2.87 bits per heavy atom. The van der Waals surface area contributed by atoms with Gasteiger partial charge in [-0.25, -0.2) is 0 Å². The Kier molecular flexibility index (Phi) is 4.98. The van der Waals surface area contributed by atoms with Crippen LogP contribution >= 0.6 is 15.9 Å². The second-order valence-electron chi connectivity index (χ2n) is 5.40. The quantitative estimate of drug-likeness (QED) is 0.821. The predicted octanol–water partition coefficient (Wildman–Crippen LogP) is 3.67. The molecule has 3 rings (SSSR count). The van der Waals surface area contributed by atoms with Crippen molar-refractivity contribution in [2.24, 2.45) is 0 Å². The number of rotatable bonds is 3. The predicted molar refractivity (Wildman–Crippen MR) is 91.7 cm³/mol. The number of methoxy groups -OCH3 is 1. The molecule has 0 aromatic heterocycles. The summed E-state index contributed by atoms with van der Waals surface area (Å²) >= 11 is 3.48. The van der Waals surface area contributed by atoms with Gasteiger partial charge in [0.2, 0.25) is 0 Å². The Labute approximate surface area is 144 Å². The van der Waals surface area contributed by atoms with Crippen LogP contribution in [-0.2, 0) is 4.74 Å². The number of halogens is 1. The van der Waals surface area contributed by atoms with Crippen LogP contribution in [-0.4, -0.2) is 37.6 Å². The van der Waals surface area contributed by atoms with Crippen LogP contribution in [0.4, 0.5) is 0 Å². The Hall–Kier alpha value is -1.85. The molecule has 0 N–H and O–H groups in total. The van der Waals surface area contributed by atoms with Crippen molar-refractivity contribution in [3.8, 4) is 5.75 Å². The van der Waals surface area contributed by atoms with E-state index in [1.54, 1.807) is 13.2 Å². The van der Waals surface area contributed by atoms with Crippen LogP contribution < -0.4 is 4.74 Å². The molecule has 23 heavy (non-hydrogen) atoms. The van der Waals surface area contributed by atoms with Gasteiger partial charge in [0.25, 0.3) is 5.91 Å². The fourth-order valence-corrected chi connectivity index (χ4v) is 3.10. The number of carbonyl (C=O) groups excluding carboxylic acids is 1. The van der Waals surface area contributed by atoms with Crippen molar-refractivity contribution >= 4 is 21.8 Å². The van der Waals surface area contributed by atoms with E-state index in [9.17, 15) is 4.79 Å². The van der Waals surface area contributed by atoms with E-state index in [0.717, 1.165) is 10.0 Å². The first kappa shape index (κ1) is 16.0. The molecule has 1 fully saturated rings. The molecule has 1 unspecified atom stereocenters. The Morgan fingerprint density at radius 2 is 2.09 bits per heavy atom. The smallest absolute Gasteiger partial charge is 0.254 e. The molecule has 120 valence electrons. The van der Waals surface area contributed by atoms with Crippen LogP contribution in [0.5, 0.6) is 5.75 Å². The Bertz CT molecular complexity index is 704. The number of nitrogens with zero attached hydrogens (tertiary/aromatic N) is 1. The first-order chi connectivity index (χ1) is 11.2. The number of morpholine rings is 1. The molecule has 4 nitrogen and oxygen atoms in total. The van der Waals surface area contributed by atoms with Crippen molar-refractivity contribution in [1.29, 1.82) is 0 Å². The van der Waals surface area contributed by atoms with Crippen LogP contribution in [0.25, 0.3) is 0 Å². The number of hydrogen-bond donors (Lipinski definition) is 0. The SMILES string of the molecule is COc1cccc(C(=O)N2CCOC(c3cccc(Br)c3)C2)c1. The molecule has 0 bridgehead atoms. The molecule has 2 aromatic carbocycles. The zero-order valence-electron chi connectivity index (χ0n) is 12.9. The molecule has 0 saturated carbocycles. The van der Waals surface area contributed by atoms with E-state index in [1.165, 1.54) is 0 Å². The lowest BCUT2D eigenvalue weighted by Crippen LogP contribution is -2.42. The minimum Gasteiger partial charge on any atom is -0.497 e. The highest BCUT2D eigenvalue weighted by atomic mass is 79.9. The van der Waals surface area contributed by atoms with E-state index in [1.807, 2.05) is 47.4 Å². The van der Waals surface area contributed by atoms with Gasteiger partial charge >= 0.3 is 0 Å².